The van der Waals surface area contributed by atoms with Crippen LogP contribution in [0.3, 0.4) is 0 Å². The largest absolute Gasteiger partial charge is 0.176 e. The van der Waals surface area contributed by atoms with Gasteiger partial charge in [0.05, 0.1) is 0 Å². The molecule has 0 radical (unpaired) electrons. The van der Waals surface area contributed by atoms with Gasteiger partial charge in [0.1, 0.15) is 0 Å². The van der Waals surface area contributed by atoms with Crippen molar-refractivity contribution in [2.24, 2.45) is 0 Å². The molecule has 0 N–H and O–H groups in total. The molecule has 0 aromatic heterocycles. The third kappa shape index (κ3) is 4.94. The van der Waals surface area contributed by atoms with Crippen LogP contribution in [0.2, 0.25) is 0 Å². The Labute approximate surface area is 258 Å². The molecule has 1 unspecified atom stereocenters. The van der Waals surface area contributed by atoms with E-state index < -0.39 is 0 Å². The van der Waals surface area contributed by atoms with Crippen molar-refractivity contribution in [3.8, 4) is 0 Å². The summed E-state index contributed by atoms with van der Waals surface area (Å²) in [5, 5.41) is 18.3. The molecule has 6 bridgehead atoms. The van der Waals surface area contributed by atoms with Gasteiger partial charge in [0.2, 0.25) is 0 Å². The molecule has 1 atom stereocenters. The third-order valence-electron chi connectivity index (χ3n) is 8.60. The Hall–Kier alpha value is -4.59. The molecule has 43 heavy (non-hydrogen) atoms. The van der Waals surface area contributed by atoms with Crippen LogP contribution in [0.25, 0.3) is 75.4 Å². The topological polar surface area (TPSA) is 0 Å². The lowest BCUT2D eigenvalue weighted by Gasteiger charge is -2.13. The van der Waals surface area contributed by atoms with Gasteiger partial charge in [-0.1, -0.05) is 147 Å². The van der Waals surface area contributed by atoms with Crippen LogP contribution in [0.5, 0.6) is 0 Å². The zero-order valence-corrected chi connectivity index (χ0v) is 25.5. The minimum absolute atomic E-state index is 0.579. The number of benzene rings is 7. The third-order valence-corrected chi connectivity index (χ3v) is 8.96. The van der Waals surface area contributed by atoms with Gasteiger partial charge in [0, 0.05) is 0 Å². The van der Waals surface area contributed by atoms with Gasteiger partial charge in [-0.25, -0.2) is 0 Å². The van der Waals surface area contributed by atoms with Crippen LogP contribution < -0.4 is 0 Å². The van der Waals surface area contributed by atoms with Gasteiger partial charge in [0.15, 0.2) is 0 Å². The van der Waals surface area contributed by atoms with E-state index in [0.29, 0.717) is 5.25 Å². The Morgan fingerprint density at radius 1 is 0.395 bits per heavy atom. The van der Waals surface area contributed by atoms with Crippen LogP contribution in [0.1, 0.15) is 20.3 Å². The van der Waals surface area contributed by atoms with E-state index in [1.807, 2.05) is 0 Å². The van der Waals surface area contributed by atoms with Gasteiger partial charge in [-0.15, -0.1) is 0 Å². The van der Waals surface area contributed by atoms with E-state index in [2.05, 4.69) is 172 Å². The summed E-state index contributed by atoms with van der Waals surface area (Å²) in [6.45, 7) is 4.21. The summed E-state index contributed by atoms with van der Waals surface area (Å²) in [7, 11) is 0. The fourth-order valence-corrected chi connectivity index (χ4v) is 6.35. The number of hydrogen-bond acceptors (Lipinski definition) is 1. The second kappa shape index (κ2) is 11.6. The van der Waals surface area contributed by atoms with Crippen molar-refractivity contribution in [1.82, 2.24) is 0 Å². The predicted octanol–water partition coefficient (Wildman–Crippen LogP) is 12.6. The van der Waals surface area contributed by atoms with Gasteiger partial charge in [-0.05, 0) is 99.2 Å². The Morgan fingerprint density at radius 2 is 0.651 bits per heavy atom. The minimum atomic E-state index is 0.579. The van der Waals surface area contributed by atoms with Crippen molar-refractivity contribution in [2.75, 3.05) is 0 Å². The fraction of sp³-hybridized carbons (Fsp3) is 0.0952. The van der Waals surface area contributed by atoms with E-state index in [9.17, 15) is 0 Å². The van der Waals surface area contributed by atoms with E-state index in [1.54, 1.807) is 0 Å². The van der Waals surface area contributed by atoms with Crippen molar-refractivity contribution >= 4 is 88.0 Å². The molecule has 0 saturated carbocycles. The van der Waals surface area contributed by atoms with Crippen molar-refractivity contribution < 1.29 is 0 Å². The lowest BCUT2D eigenvalue weighted by atomic mass is 9.90. The molecule has 0 fully saturated rings. The molecule has 0 heterocycles. The van der Waals surface area contributed by atoms with Crippen molar-refractivity contribution in [2.45, 2.75) is 25.5 Å². The second-order valence-corrected chi connectivity index (χ2v) is 12.2. The van der Waals surface area contributed by atoms with Crippen LogP contribution in [0, 0.1) is 0 Å². The van der Waals surface area contributed by atoms with E-state index in [-0.39, 0.29) is 0 Å². The summed E-state index contributed by atoms with van der Waals surface area (Å²) in [5.74, 6) is 0. The highest BCUT2D eigenvalue weighted by Crippen LogP contribution is 2.40. The van der Waals surface area contributed by atoms with Crippen LogP contribution in [-0.4, -0.2) is 5.25 Å². The van der Waals surface area contributed by atoms with Gasteiger partial charge >= 0.3 is 0 Å². The molecule has 0 saturated heterocycles. The zero-order chi connectivity index (χ0) is 29.3. The maximum absolute atomic E-state index is 4.10. The number of rotatable bonds is 1. The SMILES string of the molecule is CCC(C)S.c1cc2cc(c1)c1ccccc1c1c3ccccc3c(c3ccccc3c3cccc2c3)c2ccccc21. The first-order valence-corrected chi connectivity index (χ1v) is 15.7. The van der Waals surface area contributed by atoms with Gasteiger partial charge in [-0.2, -0.15) is 12.6 Å². The molecule has 208 valence electrons. The molecule has 9 aromatic rings. The number of hydrogen-bond donors (Lipinski definition) is 1. The van der Waals surface area contributed by atoms with E-state index in [1.165, 1.54) is 81.8 Å². The van der Waals surface area contributed by atoms with E-state index in [0.717, 1.165) is 0 Å². The van der Waals surface area contributed by atoms with Crippen molar-refractivity contribution in [1.29, 1.82) is 0 Å². The summed E-state index contributed by atoms with van der Waals surface area (Å²) in [4.78, 5) is 0. The normalized spacial score (nSPS) is 12.1. The van der Waals surface area contributed by atoms with Crippen molar-refractivity contribution in [3.05, 3.63) is 146 Å². The zero-order valence-electron chi connectivity index (χ0n) is 24.6. The molecule has 9 rings (SSSR count). The Morgan fingerprint density at radius 3 is 0.953 bits per heavy atom. The fourth-order valence-electron chi connectivity index (χ4n) is 6.35. The lowest BCUT2D eigenvalue weighted by molar-refractivity contribution is 0.913. The minimum Gasteiger partial charge on any atom is -0.176 e. The highest BCUT2D eigenvalue weighted by Gasteiger charge is 2.12. The summed E-state index contributed by atoms with van der Waals surface area (Å²) in [5.41, 5.74) is 0. The van der Waals surface area contributed by atoms with Gasteiger partial charge < -0.3 is 0 Å². The molecule has 0 spiro atoms. The molecule has 0 aliphatic heterocycles. The number of thiol groups is 1. The average Bonchev–Trinajstić information content (AvgIpc) is 3.07. The maximum Gasteiger partial charge on any atom is -0.00142 e. The standard InChI is InChI=1S/C38H24.C4H10S/c1-3-17-31-29(15-1)27-13-9-11-25(23-27)26-12-10-14-28(24-26)30-16-2-4-18-32(30)38-35-21-7-5-19-33(35)37(31)34-20-6-8-22-36(34)38;1-3-4(2)5/h1-24H;4-5H,3H2,1-2H3. The highest BCUT2D eigenvalue weighted by molar-refractivity contribution is 7.80. The van der Waals surface area contributed by atoms with Gasteiger partial charge in [-0.3, -0.25) is 0 Å². The molecule has 1 heteroatoms. The van der Waals surface area contributed by atoms with E-state index >= 15 is 0 Å². The first-order valence-electron chi connectivity index (χ1n) is 15.2. The second-order valence-electron chi connectivity index (χ2n) is 11.4. The molecule has 0 amide bonds. The highest BCUT2D eigenvalue weighted by atomic mass is 32.1. The Bertz CT molecular complexity index is 2140. The molecule has 9 aromatic carbocycles. The summed E-state index contributed by atoms with van der Waals surface area (Å²) >= 11 is 4.10. The first-order chi connectivity index (χ1) is 21.1. The molecular weight excluding hydrogens is 537 g/mol. The first kappa shape index (κ1) is 27.3. The summed E-state index contributed by atoms with van der Waals surface area (Å²) in [6, 6.07) is 53.6. The lowest BCUT2D eigenvalue weighted by Crippen LogP contribution is -1.85. The molecule has 0 aliphatic carbocycles. The monoisotopic (exact) mass is 570 g/mol. The van der Waals surface area contributed by atoms with Crippen LogP contribution in [0.15, 0.2) is 146 Å². The smallest absolute Gasteiger partial charge is 0.00142 e. The van der Waals surface area contributed by atoms with Gasteiger partial charge in [0.25, 0.3) is 0 Å². The maximum atomic E-state index is 4.10. The van der Waals surface area contributed by atoms with Crippen molar-refractivity contribution in [3.63, 3.8) is 0 Å². The van der Waals surface area contributed by atoms with E-state index in [4.69, 9.17) is 0 Å². The predicted molar refractivity (Wildman–Crippen MR) is 195 cm³/mol. The van der Waals surface area contributed by atoms with Crippen LogP contribution in [0.4, 0.5) is 0 Å². The average molecular weight is 571 g/mol. The molecular formula is C42H34S. The Balaban J connectivity index is 0.000000558. The summed E-state index contributed by atoms with van der Waals surface area (Å²) < 4.78 is 0. The Kier molecular flexibility index (Phi) is 7.35. The van der Waals surface area contributed by atoms with Crippen LogP contribution in [-0.2, 0) is 0 Å². The quantitative estimate of drug-likeness (QED) is 0.147. The summed E-state index contributed by atoms with van der Waals surface area (Å²) in [6.07, 6.45) is 1.17. The molecule has 0 aliphatic rings. The molecule has 0 nitrogen and oxygen atoms in total. The van der Waals surface area contributed by atoms with Crippen LogP contribution >= 0.6 is 12.6 Å².